The van der Waals surface area contributed by atoms with Crippen molar-refractivity contribution in [2.75, 3.05) is 31.8 Å². The van der Waals surface area contributed by atoms with Gasteiger partial charge in [-0.05, 0) is 30.5 Å². The van der Waals surface area contributed by atoms with Gasteiger partial charge in [-0.2, -0.15) is 11.8 Å². The maximum atomic E-state index is 5.54. The molecule has 0 saturated carbocycles. The normalized spacial score (nSPS) is 18.2. The molecule has 2 rings (SSSR count). The monoisotopic (exact) mass is 240 g/mol. The van der Waals surface area contributed by atoms with Gasteiger partial charge in [0.25, 0.3) is 0 Å². The largest absolute Gasteiger partial charge is 0.493 e. The van der Waals surface area contributed by atoms with Crippen LogP contribution in [-0.2, 0) is 4.74 Å². The fourth-order valence-electron chi connectivity index (χ4n) is 1.23. The molecule has 88 valence electrons. The Balaban J connectivity index is 1.74. The predicted octanol–water partition coefficient (Wildman–Crippen LogP) is 2.21. The summed E-state index contributed by atoms with van der Waals surface area (Å²) >= 11 is 1.78. The Kier molecular flexibility index (Phi) is 4.36. The first-order valence-electron chi connectivity index (χ1n) is 5.34. The third kappa shape index (κ3) is 3.94. The Morgan fingerprint density at radius 2 is 1.88 bits per heavy atom. The van der Waals surface area contributed by atoms with Gasteiger partial charge in [0.1, 0.15) is 24.2 Å². The number of rotatable bonds is 7. The van der Waals surface area contributed by atoms with Gasteiger partial charge in [-0.15, -0.1) is 0 Å². The zero-order chi connectivity index (χ0) is 11.2. The van der Waals surface area contributed by atoms with Gasteiger partial charge >= 0.3 is 0 Å². The van der Waals surface area contributed by atoms with Crippen LogP contribution in [0.1, 0.15) is 0 Å². The van der Waals surface area contributed by atoms with Crippen molar-refractivity contribution in [2.24, 2.45) is 0 Å². The van der Waals surface area contributed by atoms with Gasteiger partial charge in [0.2, 0.25) is 0 Å². The molecule has 16 heavy (non-hydrogen) atoms. The van der Waals surface area contributed by atoms with Crippen molar-refractivity contribution in [3.8, 4) is 11.5 Å². The summed E-state index contributed by atoms with van der Waals surface area (Å²) in [6.45, 7) is 2.22. The van der Waals surface area contributed by atoms with Gasteiger partial charge < -0.3 is 14.2 Å². The SMILES string of the molecule is CSCCOc1ccc(OCC2CO2)cc1. The lowest BCUT2D eigenvalue weighted by Crippen LogP contribution is -2.04. The summed E-state index contributed by atoms with van der Waals surface area (Å²) in [5.41, 5.74) is 0. The molecule has 0 radical (unpaired) electrons. The third-order valence-corrected chi connectivity index (χ3v) is 2.79. The lowest BCUT2D eigenvalue weighted by atomic mass is 10.3. The molecular formula is C12H16O3S. The van der Waals surface area contributed by atoms with E-state index in [-0.39, 0.29) is 0 Å². The number of benzene rings is 1. The predicted molar refractivity (Wildman–Crippen MR) is 65.6 cm³/mol. The summed E-state index contributed by atoms with van der Waals surface area (Å²) in [7, 11) is 0. The lowest BCUT2D eigenvalue weighted by molar-refractivity contribution is 0.262. The van der Waals surface area contributed by atoms with Gasteiger partial charge in [0.15, 0.2) is 0 Å². The van der Waals surface area contributed by atoms with E-state index in [1.54, 1.807) is 11.8 Å². The highest BCUT2D eigenvalue weighted by molar-refractivity contribution is 7.98. The van der Waals surface area contributed by atoms with E-state index >= 15 is 0 Å². The molecule has 1 aromatic rings. The number of thioether (sulfide) groups is 1. The summed E-state index contributed by atoms with van der Waals surface area (Å²) in [5.74, 6) is 2.77. The van der Waals surface area contributed by atoms with Crippen molar-refractivity contribution < 1.29 is 14.2 Å². The van der Waals surface area contributed by atoms with Crippen molar-refractivity contribution in [1.82, 2.24) is 0 Å². The van der Waals surface area contributed by atoms with Crippen LogP contribution in [0.5, 0.6) is 11.5 Å². The standard InChI is InChI=1S/C12H16O3S/c1-16-7-6-13-10-2-4-11(5-3-10)14-8-12-9-15-12/h2-5,12H,6-9H2,1H3. The molecule has 1 aliphatic rings. The van der Waals surface area contributed by atoms with Crippen molar-refractivity contribution in [2.45, 2.75) is 6.10 Å². The van der Waals surface area contributed by atoms with Crippen LogP contribution in [0.2, 0.25) is 0 Å². The molecule has 1 saturated heterocycles. The van der Waals surface area contributed by atoms with Gasteiger partial charge in [0, 0.05) is 5.75 Å². The molecule has 0 spiro atoms. The molecule has 1 fully saturated rings. The number of hydrogen-bond donors (Lipinski definition) is 0. The van der Waals surface area contributed by atoms with Crippen LogP contribution >= 0.6 is 11.8 Å². The van der Waals surface area contributed by atoms with E-state index in [1.807, 2.05) is 24.3 Å². The van der Waals surface area contributed by atoms with Crippen molar-refractivity contribution >= 4 is 11.8 Å². The minimum Gasteiger partial charge on any atom is -0.493 e. The average Bonchev–Trinajstić information content (AvgIpc) is 3.12. The van der Waals surface area contributed by atoms with Crippen LogP contribution in [-0.4, -0.2) is 37.9 Å². The Bertz CT molecular complexity index is 309. The Morgan fingerprint density at radius 1 is 1.25 bits per heavy atom. The van der Waals surface area contributed by atoms with E-state index in [1.165, 1.54) is 0 Å². The van der Waals surface area contributed by atoms with E-state index in [0.717, 1.165) is 30.5 Å². The van der Waals surface area contributed by atoms with Crippen LogP contribution in [0.3, 0.4) is 0 Å². The van der Waals surface area contributed by atoms with Crippen molar-refractivity contribution in [1.29, 1.82) is 0 Å². The van der Waals surface area contributed by atoms with Crippen LogP contribution in [0, 0.1) is 0 Å². The fourth-order valence-corrected chi connectivity index (χ4v) is 1.48. The van der Waals surface area contributed by atoms with E-state index < -0.39 is 0 Å². The molecule has 0 bridgehead atoms. The molecule has 1 aromatic carbocycles. The second-order valence-corrected chi connectivity index (χ2v) is 4.56. The molecule has 0 amide bonds. The van der Waals surface area contributed by atoms with E-state index in [4.69, 9.17) is 14.2 Å². The Hall–Kier alpha value is -0.870. The molecule has 0 N–H and O–H groups in total. The summed E-state index contributed by atoms with van der Waals surface area (Å²) < 4.78 is 16.1. The summed E-state index contributed by atoms with van der Waals surface area (Å²) in [6, 6.07) is 7.72. The lowest BCUT2D eigenvalue weighted by Gasteiger charge is -2.07. The third-order valence-electron chi connectivity index (χ3n) is 2.22. The maximum absolute atomic E-state index is 5.54. The highest BCUT2D eigenvalue weighted by Gasteiger charge is 2.22. The molecule has 1 unspecified atom stereocenters. The molecular weight excluding hydrogens is 224 g/mol. The smallest absolute Gasteiger partial charge is 0.119 e. The molecule has 1 atom stereocenters. The van der Waals surface area contributed by atoms with Crippen molar-refractivity contribution in [3.63, 3.8) is 0 Å². The number of hydrogen-bond acceptors (Lipinski definition) is 4. The van der Waals surface area contributed by atoms with Gasteiger partial charge in [-0.1, -0.05) is 0 Å². The van der Waals surface area contributed by atoms with Crippen LogP contribution < -0.4 is 9.47 Å². The van der Waals surface area contributed by atoms with Crippen LogP contribution in [0.15, 0.2) is 24.3 Å². The average molecular weight is 240 g/mol. The topological polar surface area (TPSA) is 31.0 Å². The van der Waals surface area contributed by atoms with E-state index in [9.17, 15) is 0 Å². The highest BCUT2D eigenvalue weighted by atomic mass is 32.2. The van der Waals surface area contributed by atoms with Gasteiger partial charge in [-0.25, -0.2) is 0 Å². The van der Waals surface area contributed by atoms with Crippen molar-refractivity contribution in [3.05, 3.63) is 24.3 Å². The summed E-state index contributed by atoms with van der Waals surface area (Å²) in [4.78, 5) is 0. The molecule has 3 nitrogen and oxygen atoms in total. The van der Waals surface area contributed by atoms with E-state index in [2.05, 4.69) is 6.26 Å². The zero-order valence-corrected chi connectivity index (χ0v) is 10.2. The maximum Gasteiger partial charge on any atom is 0.119 e. The quantitative estimate of drug-likeness (QED) is 0.540. The Labute approximate surface area is 100 Å². The number of epoxide rings is 1. The van der Waals surface area contributed by atoms with Gasteiger partial charge in [0.05, 0.1) is 13.2 Å². The molecule has 4 heteroatoms. The minimum atomic E-state index is 0.303. The Morgan fingerprint density at radius 3 is 2.44 bits per heavy atom. The molecule has 1 heterocycles. The van der Waals surface area contributed by atoms with Crippen LogP contribution in [0.4, 0.5) is 0 Å². The first-order valence-corrected chi connectivity index (χ1v) is 6.74. The highest BCUT2D eigenvalue weighted by Crippen LogP contribution is 2.19. The molecule has 1 aliphatic heterocycles. The molecule has 0 aromatic heterocycles. The zero-order valence-electron chi connectivity index (χ0n) is 9.35. The summed E-state index contributed by atoms with van der Waals surface area (Å²) in [5, 5.41) is 0. The number of ether oxygens (including phenoxy) is 3. The fraction of sp³-hybridized carbons (Fsp3) is 0.500. The second-order valence-electron chi connectivity index (χ2n) is 3.58. The first-order chi connectivity index (χ1) is 7.88. The van der Waals surface area contributed by atoms with Gasteiger partial charge in [-0.3, -0.25) is 0 Å². The van der Waals surface area contributed by atoms with Crippen LogP contribution in [0.25, 0.3) is 0 Å². The summed E-state index contributed by atoms with van der Waals surface area (Å²) in [6.07, 6.45) is 2.37. The molecule has 0 aliphatic carbocycles. The minimum absolute atomic E-state index is 0.303. The second kappa shape index (κ2) is 6.01. The van der Waals surface area contributed by atoms with E-state index in [0.29, 0.717) is 12.7 Å². The first kappa shape index (κ1) is 11.6.